The Hall–Kier alpha value is -3.09. The number of guanidine groups is 1. The van der Waals surface area contributed by atoms with E-state index in [1.165, 1.54) is 36.8 Å². The van der Waals surface area contributed by atoms with E-state index in [4.69, 9.17) is 0 Å². The smallest absolute Gasteiger partial charge is 0.191 e. The fraction of sp³-hybridized carbons (Fsp3) is 0.480. The zero-order chi connectivity index (χ0) is 22.2. The van der Waals surface area contributed by atoms with Gasteiger partial charge in [-0.1, -0.05) is 25.0 Å². The fourth-order valence-electron chi connectivity index (χ4n) is 4.37. The van der Waals surface area contributed by atoms with Crippen LogP contribution in [0.1, 0.15) is 43.5 Å². The van der Waals surface area contributed by atoms with Gasteiger partial charge in [-0.25, -0.2) is 9.97 Å². The Kier molecular flexibility index (Phi) is 7.59. The van der Waals surface area contributed by atoms with E-state index in [1.54, 1.807) is 0 Å². The number of nitrogens with one attached hydrogen (secondary N) is 2. The average Bonchev–Trinajstić information content (AvgIpc) is 2.97. The van der Waals surface area contributed by atoms with Crippen molar-refractivity contribution in [2.24, 2.45) is 4.99 Å². The van der Waals surface area contributed by atoms with Crippen molar-refractivity contribution in [3.05, 3.63) is 54.0 Å². The summed E-state index contributed by atoms with van der Waals surface area (Å²) in [5.41, 5.74) is 3.49. The molecule has 1 aliphatic rings. The SMILES string of the molecule is CN=C(NCCCn1c(C)nc2ccccc21)NCc1ccnc(N2CCCCCC2)c1. The predicted octanol–water partition coefficient (Wildman–Crippen LogP) is 3.88. The summed E-state index contributed by atoms with van der Waals surface area (Å²) in [7, 11) is 1.82. The summed E-state index contributed by atoms with van der Waals surface area (Å²) >= 11 is 0. The Bertz CT molecular complexity index is 1030. The Balaban J connectivity index is 1.25. The lowest BCUT2D eigenvalue weighted by Crippen LogP contribution is -2.37. The number of anilines is 1. The Morgan fingerprint density at radius 1 is 1.06 bits per heavy atom. The van der Waals surface area contributed by atoms with Crippen LogP contribution < -0.4 is 15.5 Å². The van der Waals surface area contributed by atoms with E-state index in [-0.39, 0.29) is 0 Å². The number of nitrogens with zero attached hydrogens (tertiary/aromatic N) is 5. The van der Waals surface area contributed by atoms with E-state index >= 15 is 0 Å². The van der Waals surface area contributed by atoms with Crippen LogP contribution in [0.3, 0.4) is 0 Å². The molecule has 0 atom stereocenters. The van der Waals surface area contributed by atoms with Gasteiger partial charge in [0.2, 0.25) is 0 Å². The molecule has 170 valence electrons. The summed E-state index contributed by atoms with van der Waals surface area (Å²) in [4.78, 5) is 16.1. The van der Waals surface area contributed by atoms with Gasteiger partial charge in [0.25, 0.3) is 0 Å². The second-order valence-electron chi connectivity index (χ2n) is 8.43. The molecule has 1 saturated heterocycles. The van der Waals surface area contributed by atoms with Gasteiger partial charge in [-0.05, 0) is 56.0 Å². The number of para-hydroxylation sites is 2. The first-order valence-electron chi connectivity index (χ1n) is 11.8. The van der Waals surface area contributed by atoms with E-state index in [9.17, 15) is 0 Å². The maximum Gasteiger partial charge on any atom is 0.191 e. The van der Waals surface area contributed by atoms with Crippen LogP contribution in [0, 0.1) is 6.92 Å². The molecule has 0 spiro atoms. The van der Waals surface area contributed by atoms with Gasteiger partial charge < -0.3 is 20.1 Å². The zero-order valence-corrected chi connectivity index (χ0v) is 19.3. The summed E-state index contributed by atoms with van der Waals surface area (Å²) in [6.45, 7) is 6.80. The molecular weight excluding hydrogens is 398 g/mol. The van der Waals surface area contributed by atoms with E-state index in [2.05, 4.69) is 72.3 Å². The molecule has 0 radical (unpaired) electrons. The topological polar surface area (TPSA) is 70.4 Å². The van der Waals surface area contributed by atoms with Gasteiger partial charge in [0.05, 0.1) is 11.0 Å². The molecule has 0 unspecified atom stereocenters. The third-order valence-corrected chi connectivity index (χ3v) is 6.12. The standard InChI is InChI=1S/C25H35N7/c1-20-30-22-10-5-6-11-23(22)32(20)17-9-13-28-25(26-2)29-19-21-12-14-27-24(18-21)31-15-7-3-4-8-16-31/h5-6,10-12,14,18H,3-4,7-9,13,15-17,19H2,1-2H3,(H2,26,28,29). The molecule has 2 aromatic heterocycles. The van der Waals surface area contributed by atoms with Crippen molar-refractivity contribution in [3.63, 3.8) is 0 Å². The maximum atomic E-state index is 4.65. The maximum absolute atomic E-state index is 4.65. The molecule has 1 fully saturated rings. The number of aromatic nitrogens is 3. The number of benzene rings is 1. The minimum absolute atomic E-state index is 0.730. The molecule has 0 bridgehead atoms. The first-order chi connectivity index (χ1) is 15.7. The highest BCUT2D eigenvalue weighted by Gasteiger charge is 2.11. The number of fused-ring (bicyclic) bond motifs is 1. The van der Waals surface area contributed by atoms with Crippen LogP contribution >= 0.6 is 0 Å². The predicted molar refractivity (Wildman–Crippen MR) is 132 cm³/mol. The van der Waals surface area contributed by atoms with Crippen LogP contribution in [-0.4, -0.2) is 47.2 Å². The number of hydrogen-bond donors (Lipinski definition) is 2. The van der Waals surface area contributed by atoms with Crippen molar-refractivity contribution in [1.29, 1.82) is 0 Å². The Labute approximate surface area is 191 Å². The molecule has 7 nitrogen and oxygen atoms in total. The van der Waals surface area contributed by atoms with Crippen molar-refractivity contribution in [2.75, 3.05) is 31.6 Å². The third-order valence-electron chi connectivity index (χ3n) is 6.12. The molecule has 0 saturated carbocycles. The zero-order valence-electron chi connectivity index (χ0n) is 19.3. The summed E-state index contributed by atoms with van der Waals surface area (Å²) in [5, 5.41) is 6.87. The van der Waals surface area contributed by atoms with Crippen LogP contribution in [0.2, 0.25) is 0 Å². The summed E-state index contributed by atoms with van der Waals surface area (Å²) in [6, 6.07) is 12.6. The first-order valence-corrected chi connectivity index (χ1v) is 11.8. The van der Waals surface area contributed by atoms with Gasteiger partial charge in [-0.15, -0.1) is 0 Å². The first kappa shape index (κ1) is 22.1. The molecule has 1 aliphatic heterocycles. The number of imidazole rings is 1. The van der Waals surface area contributed by atoms with Crippen molar-refractivity contribution < 1.29 is 0 Å². The highest BCUT2D eigenvalue weighted by atomic mass is 15.2. The van der Waals surface area contributed by atoms with E-state index < -0.39 is 0 Å². The highest BCUT2D eigenvalue weighted by Crippen LogP contribution is 2.18. The fourth-order valence-corrected chi connectivity index (χ4v) is 4.37. The molecule has 0 amide bonds. The van der Waals surface area contributed by atoms with Crippen LogP contribution in [0.5, 0.6) is 0 Å². The lowest BCUT2D eigenvalue weighted by Gasteiger charge is -2.22. The van der Waals surface area contributed by atoms with Crippen LogP contribution in [0.15, 0.2) is 47.6 Å². The van der Waals surface area contributed by atoms with Crippen molar-refractivity contribution in [3.8, 4) is 0 Å². The van der Waals surface area contributed by atoms with Gasteiger partial charge in [-0.2, -0.15) is 0 Å². The molecule has 4 rings (SSSR count). The molecule has 1 aromatic carbocycles. The van der Waals surface area contributed by atoms with Crippen molar-refractivity contribution >= 4 is 22.8 Å². The van der Waals surface area contributed by atoms with Gasteiger partial charge >= 0.3 is 0 Å². The Morgan fingerprint density at radius 3 is 2.69 bits per heavy atom. The third kappa shape index (κ3) is 5.58. The molecule has 7 heteroatoms. The van der Waals surface area contributed by atoms with Crippen LogP contribution in [0.4, 0.5) is 5.82 Å². The highest BCUT2D eigenvalue weighted by molar-refractivity contribution is 5.79. The van der Waals surface area contributed by atoms with Gasteiger partial charge in [0.15, 0.2) is 5.96 Å². The minimum Gasteiger partial charge on any atom is -0.357 e. The van der Waals surface area contributed by atoms with E-state index in [0.717, 1.165) is 62.3 Å². The van der Waals surface area contributed by atoms with Crippen molar-refractivity contribution in [2.45, 2.75) is 52.1 Å². The number of hydrogen-bond acceptors (Lipinski definition) is 4. The molecule has 2 N–H and O–H groups in total. The number of rotatable bonds is 7. The van der Waals surface area contributed by atoms with E-state index in [1.807, 2.05) is 19.3 Å². The summed E-state index contributed by atoms with van der Waals surface area (Å²) in [6.07, 6.45) is 8.10. The molecule has 3 aromatic rings. The molecular formula is C25H35N7. The number of aliphatic imine (C=N–C) groups is 1. The Morgan fingerprint density at radius 2 is 1.88 bits per heavy atom. The second kappa shape index (κ2) is 11.0. The van der Waals surface area contributed by atoms with Crippen LogP contribution in [-0.2, 0) is 13.1 Å². The average molecular weight is 434 g/mol. The minimum atomic E-state index is 0.730. The number of pyridine rings is 1. The summed E-state index contributed by atoms with van der Waals surface area (Å²) in [5.74, 6) is 2.98. The van der Waals surface area contributed by atoms with Gasteiger partial charge in [0, 0.05) is 46.0 Å². The molecule has 3 heterocycles. The molecule has 32 heavy (non-hydrogen) atoms. The van der Waals surface area contributed by atoms with Crippen molar-refractivity contribution in [1.82, 2.24) is 25.2 Å². The monoisotopic (exact) mass is 433 g/mol. The lowest BCUT2D eigenvalue weighted by molar-refractivity contribution is 0.624. The summed E-state index contributed by atoms with van der Waals surface area (Å²) < 4.78 is 2.29. The largest absolute Gasteiger partial charge is 0.357 e. The van der Waals surface area contributed by atoms with Gasteiger partial charge in [0.1, 0.15) is 11.6 Å². The van der Waals surface area contributed by atoms with Crippen LogP contribution in [0.25, 0.3) is 11.0 Å². The molecule has 0 aliphatic carbocycles. The van der Waals surface area contributed by atoms with Gasteiger partial charge in [-0.3, -0.25) is 4.99 Å². The quantitative estimate of drug-likeness (QED) is 0.336. The number of aryl methyl sites for hydroxylation is 2. The van der Waals surface area contributed by atoms with E-state index in [0.29, 0.717) is 0 Å². The second-order valence-corrected chi connectivity index (χ2v) is 8.43. The lowest BCUT2D eigenvalue weighted by atomic mass is 10.2. The normalized spacial score (nSPS) is 15.1.